The molecule has 1 aromatic heterocycles. The Hall–Kier alpha value is -2.81. The van der Waals surface area contributed by atoms with Gasteiger partial charge in [-0.25, -0.2) is 4.39 Å². The highest BCUT2D eigenvalue weighted by Gasteiger charge is 2.23. The first-order valence-corrected chi connectivity index (χ1v) is 12.6. The van der Waals surface area contributed by atoms with Crippen molar-refractivity contribution in [1.29, 1.82) is 0 Å². The Morgan fingerprint density at radius 3 is 2.33 bits per heavy atom. The number of benzene rings is 3. The molecular formula is C28H25FNOPS. The van der Waals surface area contributed by atoms with Gasteiger partial charge in [-0.2, -0.15) is 0 Å². The van der Waals surface area contributed by atoms with Gasteiger partial charge in [-0.05, 0) is 65.5 Å². The van der Waals surface area contributed by atoms with Crippen LogP contribution in [0, 0.1) is 5.82 Å². The minimum absolute atomic E-state index is 0.0822. The van der Waals surface area contributed by atoms with E-state index in [-0.39, 0.29) is 11.9 Å². The number of nitrogens with zero attached hydrogens (tertiary/aromatic N) is 1. The summed E-state index contributed by atoms with van der Waals surface area (Å²) in [7, 11) is 2.63. The van der Waals surface area contributed by atoms with Gasteiger partial charge in [0.25, 0.3) is 0 Å². The molecule has 3 aromatic carbocycles. The molecule has 0 spiro atoms. The lowest BCUT2D eigenvalue weighted by atomic mass is 9.98. The summed E-state index contributed by atoms with van der Waals surface area (Å²) < 4.78 is 19.9. The van der Waals surface area contributed by atoms with Gasteiger partial charge in [0.1, 0.15) is 5.82 Å². The minimum atomic E-state index is -0.197. The van der Waals surface area contributed by atoms with Crippen LogP contribution in [-0.2, 0) is 0 Å². The maximum absolute atomic E-state index is 14.3. The zero-order valence-electron chi connectivity index (χ0n) is 18.4. The second-order valence-corrected chi connectivity index (χ2v) is 9.75. The third-order valence-electron chi connectivity index (χ3n) is 5.97. The molecule has 2 unspecified atom stereocenters. The van der Waals surface area contributed by atoms with Crippen LogP contribution in [0.4, 0.5) is 4.39 Å². The maximum atomic E-state index is 14.3. The number of aliphatic imine (C=N–C) groups is 1. The van der Waals surface area contributed by atoms with Gasteiger partial charge in [-0.1, -0.05) is 72.0 Å². The maximum Gasteiger partial charge on any atom is 0.174 e. The fourth-order valence-electron chi connectivity index (χ4n) is 4.29. The molecule has 0 bridgehead atoms. The fourth-order valence-corrected chi connectivity index (χ4v) is 5.62. The molecule has 1 aliphatic heterocycles. The van der Waals surface area contributed by atoms with Crippen LogP contribution in [0.2, 0.25) is 0 Å². The van der Waals surface area contributed by atoms with E-state index in [0.717, 1.165) is 28.9 Å². The Morgan fingerprint density at radius 2 is 1.64 bits per heavy atom. The predicted octanol–water partition coefficient (Wildman–Crippen LogP) is 7.44. The van der Waals surface area contributed by atoms with Gasteiger partial charge in [0.05, 0.1) is 12.6 Å². The van der Waals surface area contributed by atoms with Crippen LogP contribution < -0.4 is 10.0 Å². The molecular weight excluding hydrogens is 448 g/mol. The van der Waals surface area contributed by atoms with E-state index in [4.69, 9.17) is 9.73 Å². The molecule has 5 heteroatoms. The van der Waals surface area contributed by atoms with Crippen LogP contribution in [0.15, 0.2) is 83.9 Å². The molecule has 0 fully saturated rings. The predicted molar refractivity (Wildman–Crippen MR) is 141 cm³/mol. The van der Waals surface area contributed by atoms with E-state index in [2.05, 4.69) is 63.8 Å². The van der Waals surface area contributed by atoms with Gasteiger partial charge in [0.15, 0.2) is 5.06 Å². The molecule has 1 aliphatic rings. The second kappa shape index (κ2) is 9.59. The summed E-state index contributed by atoms with van der Waals surface area (Å²) >= 11 is 1.67. The summed E-state index contributed by atoms with van der Waals surface area (Å²) in [6, 6.07) is 26.6. The van der Waals surface area contributed by atoms with E-state index >= 15 is 0 Å². The second-order valence-electron chi connectivity index (χ2n) is 8.09. The molecule has 4 aromatic rings. The van der Waals surface area contributed by atoms with Crippen molar-refractivity contribution >= 4 is 31.6 Å². The zero-order valence-corrected chi connectivity index (χ0v) is 20.4. The zero-order chi connectivity index (χ0) is 22.8. The van der Waals surface area contributed by atoms with Gasteiger partial charge in [0, 0.05) is 16.2 Å². The highest BCUT2D eigenvalue weighted by molar-refractivity contribution is 7.27. The first-order chi connectivity index (χ1) is 16.1. The average molecular weight is 474 g/mol. The molecule has 0 aliphatic carbocycles. The van der Waals surface area contributed by atoms with Crippen LogP contribution >= 0.6 is 20.6 Å². The molecule has 2 nitrogen and oxygen atoms in total. The van der Waals surface area contributed by atoms with Gasteiger partial charge in [-0.3, -0.25) is 4.99 Å². The summed E-state index contributed by atoms with van der Waals surface area (Å²) in [4.78, 5) is 6.07. The lowest BCUT2D eigenvalue weighted by Crippen LogP contribution is -2.11. The van der Waals surface area contributed by atoms with Gasteiger partial charge in [-0.15, -0.1) is 9.24 Å². The third-order valence-corrected chi connectivity index (χ3v) is 7.49. The largest absolute Gasteiger partial charge is 0.484 e. The molecule has 0 saturated carbocycles. The summed E-state index contributed by atoms with van der Waals surface area (Å²) in [5.74, 6) is -0.197. The third kappa shape index (κ3) is 4.64. The lowest BCUT2D eigenvalue weighted by Gasteiger charge is -2.09. The van der Waals surface area contributed by atoms with Crippen molar-refractivity contribution in [3.05, 3.63) is 95.8 Å². The molecule has 2 atom stereocenters. The number of halogens is 1. The summed E-state index contributed by atoms with van der Waals surface area (Å²) in [6.45, 7) is 2.69. The van der Waals surface area contributed by atoms with Crippen molar-refractivity contribution in [2.45, 2.75) is 25.8 Å². The average Bonchev–Trinajstić information content (AvgIpc) is 3.50. The van der Waals surface area contributed by atoms with Crippen molar-refractivity contribution in [3.63, 3.8) is 0 Å². The van der Waals surface area contributed by atoms with Crippen molar-refractivity contribution in [1.82, 2.24) is 0 Å². The van der Waals surface area contributed by atoms with E-state index < -0.39 is 0 Å². The van der Waals surface area contributed by atoms with E-state index in [9.17, 15) is 4.39 Å². The Bertz CT molecular complexity index is 1270. The van der Waals surface area contributed by atoms with Gasteiger partial charge < -0.3 is 4.74 Å². The number of ether oxygens (including phenoxy) is 1. The van der Waals surface area contributed by atoms with Crippen molar-refractivity contribution < 1.29 is 9.13 Å². The quantitative estimate of drug-likeness (QED) is 0.267. The smallest absolute Gasteiger partial charge is 0.174 e. The Labute approximate surface area is 200 Å². The number of hydrogen-bond acceptors (Lipinski definition) is 3. The monoisotopic (exact) mass is 473 g/mol. The fraction of sp³-hybridized carbons (Fsp3) is 0.179. The topological polar surface area (TPSA) is 21.6 Å². The molecule has 0 radical (unpaired) electrons. The minimum Gasteiger partial charge on any atom is -0.484 e. The first kappa shape index (κ1) is 22.0. The van der Waals surface area contributed by atoms with Crippen molar-refractivity contribution in [2.75, 3.05) is 6.61 Å². The molecule has 2 heterocycles. The van der Waals surface area contributed by atoms with E-state index in [1.807, 2.05) is 19.1 Å². The molecule has 166 valence electrons. The molecule has 0 N–H and O–H groups in total. The highest BCUT2D eigenvalue weighted by atomic mass is 32.1. The summed E-state index contributed by atoms with van der Waals surface area (Å²) in [5.41, 5.74) is 6.23. The highest BCUT2D eigenvalue weighted by Crippen LogP contribution is 2.35. The Kier molecular flexibility index (Phi) is 6.39. The normalized spacial score (nSPS) is 15.5. The molecule has 5 rings (SSSR count). The van der Waals surface area contributed by atoms with Crippen LogP contribution in [0.3, 0.4) is 0 Å². The van der Waals surface area contributed by atoms with Gasteiger partial charge >= 0.3 is 0 Å². The standard InChI is InChI=1S/C28H25FNOPS/c1-2-31-27-17-16-26(33-27)21-12-8-19(9-13-21)18-6-10-20(11-7-18)23-14-15-24(30-23)28-22(29)4-3-5-25(28)32/h3-13,16-17,23H,2,14-15,32H2,1H3. The summed E-state index contributed by atoms with van der Waals surface area (Å²) in [5, 5.41) is 1.82. The van der Waals surface area contributed by atoms with Crippen LogP contribution in [0.5, 0.6) is 5.06 Å². The first-order valence-electron chi connectivity index (χ1n) is 11.2. The Balaban J connectivity index is 1.32. The van der Waals surface area contributed by atoms with Crippen LogP contribution in [0.1, 0.15) is 36.9 Å². The van der Waals surface area contributed by atoms with Crippen molar-refractivity contribution in [2.24, 2.45) is 4.99 Å². The summed E-state index contributed by atoms with van der Waals surface area (Å²) in [6.07, 6.45) is 1.70. The molecule has 0 amide bonds. The number of hydrogen-bond donors (Lipinski definition) is 0. The van der Waals surface area contributed by atoms with Gasteiger partial charge in [0.2, 0.25) is 0 Å². The van der Waals surface area contributed by atoms with E-state index in [1.165, 1.54) is 33.2 Å². The number of thiophene rings is 1. The number of rotatable bonds is 6. The van der Waals surface area contributed by atoms with E-state index in [0.29, 0.717) is 12.2 Å². The lowest BCUT2D eigenvalue weighted by molar-refractivity contribution is 0.350. The van der Waals surface area contributed by atoms with Crippen LogP contribution in [0.25, 0.3) is 21.6 Å². The van der Waals surface area contributed by atoms with Crippen molar-refractivity contribution in [3.8, 4) is 26.6 Å². The SMILES string of the molecule is CCOc1ccc(-c2ccc(-c3ccc(C4CCC(c5c(F)cccc5P)=N4)cc3)cc2)s1. The Morgan fingerprint density at radius 1 is 0.939 bits per heavy atom. The van der Waals surface area contributed by atoms with E-state index in [1.54, 1.807) is 17.4 Å². The molecule has 33 heavy (non-hydrogen) atoms. The molecule has 0 saturated heterocycles. The van der Waals surface area contributed by atoms with Crippen LogP contribution in [-0.4, -0.2) is 12.3 Å².